The molecule has 1 saturated carbocycles. The molecule has 0 bridgehead atoms. The first kappa shape index (κ1) is 23.2. The van der Waals surface area contributed by atoms with Gasteiger partial charge >= 0.3 is 6.01 Å². The molecule has 2 aromatic rings. The first-order chi connectivity index (χ1) is 15.1. The number of carbonyl (C=O) groups is 1. The summed E-state index contributed by atoms with van der Waals surface area (Å²) >= 11 is 0. The van der Waals surface area contributed by atoms with Gasteiger partial charge in [-0.3, -0.25) is 4.79 Å². The Morgan fingerprint density at radius 1 is 1.16 bits per heavy atom. The van der Waals surface area contributed by atoms with Gasteiger partial charge in [-0.25, -0.2) is 4.39 Å². The molecular formula is C23H34FN5O2. The zero-order valence-corrected chi connectivity index (χ0v) is 18.6. The molecule has 1 heterocycles. The van der Waals surface area contributed by atoms with E-state index in [9.17, 15) is 9.18 Å². The third kappa shape index (κ3) is 6.75. The molecular weight excluding hydrogens is 397 g/mol. The quantitative estimate of drug-likeness (QED) is 0.491. The minimum Gasteiger partial charge on any atom is -0.403 e. The van der Waals surface area contributed by atoms with E-state index in [0.29, 0.717) is 5.69 Å². The smallest absolute Gasteiger partial charge is 0.315 e. The molecule has 7 nitrogen and oxygen atoms in total. The van der Waals surface area contributed by atoms with Gasteiger partial charge in [0.15, 0.2) is 0 Å². The molecule has 1 fully saturated rings. The molecule has 8 heteroatoms. The van der Waals surface area contributed by atoms with Crippen molar-refractivity contribution in [3.8, 4) is 11.5 Å². The van der Waals surface area contributed by atoms with Gasteiger partial charge in [-0.1, -0.05) is 38.2 Å². The minimum atomic E-state index is -0.504. The summed E-state index contributed by atoms with van der Waals surface area (Å²) in [7, 11) is 0. The zero-order valence-electron chi connectivity index (χ0n) is 18.6. The lowest BCUT2D eigenvalue weighted by molar-refractivity contribution is -0.120. The second-order valence-electron chi connectivity index (χ2n) is 8.09. The van der Waals surface area contributed by atoms with Crippen LogP contribution in [0.5, 0.6) is 0 Å². The molecule has 2 N–H and O–H groups in total. The molecule has 1 amide bonds. The van der Waals surface area contributed by atoms with Gasteiger partial charge < -0.3 is 20.0 Å². The van der Waals surface area contributed by atoms with Gasteiger partial charge in [0.05, 0.1) is 5.56 Å². The second-order valence-corrected chi connectivity index (χ2v) is 8.09. The van der Waals surface area contributed by atoms with Gasteiger partial charge in [0.1, 0.15) is 5.82 Å². The Balaban J connectivity index is 1.50. The normalized spacial score (nSPS) is 14.7. The number of rotatable bonds is 11. The van der Waals surface area contributed by atoms with Crippen LogP contribution in [0.1, 0.15) is 58.8 Å². The molecule has 170 valence electrons. The molecule has 0 spiro atoms. The number of benzene rings is 1. The van der Waals surface area contributed by atoms with Crippen molar-refractivity contribution >= 4 is 17.6 Å². The maximum Gasteiger partial charge on any atom is 0.315 e. The minimum absolute atomic E-state index is 0.0214. The van der Waals surface area contributed by atoms with Gasteiger partial charge in [-0.05, 0) is 63.5 Å². The van der Waals surface area contributed by atoms with Gasteiger partial charge in [0.2, 0.25) is 5.91 Å². The van der Waals surface area contributed by atoms with E-state index < -0.39 is 5.82 Å². The highest BCUT2D eigenvalue weighted by Crippen LogP contribution is 2.28. The highest BCUT2D eigenvalue weighted by Gasteiger charge is 2.21. The molecule has 3 rings (SSSR count). The number of halogens is 1. The number of unbranched alkanes of at least 4 members (excludes halogenated alkanes) is 1. The van der Waals surface area contributed by atoms with Crippen molar-refractivity contribution in [1.29, 1.82) is 0 Å². The number of nitrogens with one attached hydrogen (secondary N) is 2. The third-order valence-electron chi connectivity index (χ3n) is 5.94. The predicted molar refractivity (Wildman–Crippen MR) is 120 cm³/mol. The third-order valence-corrected chi connectivity index (χ3v) is 5.94. The molecule has 1 aromatic heterocycles. The average molecular weight is 432 g/mol. The van der Waals surface area contributed by atoms with Gasteiger partial charge in [-0.2, -0.15) is 0 Å². The number of carbonyl (C=O) groups excluding carboxylic acids is 1. The van der Waals surface area contributed by atoms with Crippen LogP contribution in [0.2, 0.25) is 0 Å². The summed E-state index contributed by atoms with van der Waals surface area (Å²) in [4.78, 5) is 14.8. The van der Waals surface area contributed by atoms with Crippen molar-refractivity contribution in [2.24, 2.45) is 5.92 Å². The highest BCUT2D eigenvalue weighted by molar-refractivity contribution is 5.92. The van der Waals surface area contributed by atoms with Crippen LogP contribution in [0.3, 0.4) is 0 Å². The van der Waals surface area contributed by atoms with E-state index >= 15 is 0 Å². The van der Waals surface area contributed by atoms with Crippen molar-refractivity contribution in [1.82, 2.24) is 15.1 Å². The summed E-state index contributed by atoms with van der Waals surface area (Å²) in [5.74, 6) is -0.394. The van der Waals surface area contributed by atoms with E-state index in [1.807, 2.05) is 0 Å². The molecule has 0 saturated heterocycles. The number of anilines is 2. The average Bonchev–Trinajstić information content (AvgIpc) is 3.25. The lowest BCUT2D eigenvalue weighted by atomic mass is 9.88. The van der Waals surface area contributed by atoms with Crippen LogP contribution in [0, 0.1) is 11.7 Å². The van der Waals surface area contributed by atoms with Crippen molar-refractivity contribution in [2.45, 2.75) is 58.8 Å². The summed E-state index contributed by atoms with van der Waals surface area (Å²) in [6.45, 7) is 8.24. The fourth-order valence-corrected chi connectivity index (χ4v) is 3.97. The molecule has 31 heavy (non-hydrogen) atoms. The maximum atomic E-state index is 14.6. The van der Waals surface area contributed by atoms with Gasteiger partial charge in [0.25, 0.3) is 5.89 Å². The van der Waals surface area contributed by atoms with E-state index in [-0.39, 0.29) is 29.3 Å². The molecule has 0 radical (unpaired) electrons. The molecule has 0 aliphatic heterocycles. The summed E-state index contributed by atoms with van der Waals surface area (Å²) in [5, 5.41) is 13.8. The number of amides is 1. The van der Waals surface area contributed by atoms with Crippen molar-refractivity contribution in [3.05, 3.63) is 24.0 Å². The topological polar surface area (TPSA) is 83.3 Å². The Kier molecular flexibility index (Phi) is 8.82. The fourth-order valence-electron chi connectivity index (χ4n) is 3.97. The number of hydrogen-bond donors (Lipinski definition) is 2. The summed E-state index contributed by atoms with van der Waals surface area (Å²) in [5.41, 5.74) is 0.667. The van der Waals surface area contributed by atoms with E-state index in [1.165, 1.54) is 12.5 Å². The standard InChI is InChI=1S/C23H34FN5O2/c1-3-29(4-2)15-9-8-14-25-23-28-27-22(31-23)19-13-12-18(16-20(19)24)26-21(30)17-10-6-5-7-11-17/h12-13,16-17H,3-11,14-15H2,1-2H3,(H,25,28)(H,26,30). The molecule has 0 atom stereocenters. The predicted octanol–water partition coefficient (Wildman–Crippen LogP) is 4.93. The van der Waals surface area contributed by atoms with Crippen LogP contribution < -0.4 is 10.6 Å². The highest BCUT2D eigenvalue weighted by atomic mass is 19.1. The molecule has 1 aliphatic carbocycles. The largest absolute Gasteiger partial charge is 0.403 e. The van der Waals surface area contributed by atoms with Crippen LogP contribution in [-0.4, -0.2) is 47.2 Å². The van der Waals surface area contributed by atoms with E-state index in [2.05, 4.69) is 39.6 Å². The Morgan fingerprint density at radius 3 is 2.65 bits per heavy atom. The van der Waals surface area contributed by atoms with Crippen molar-refractivity contribution < 1.29 is 13.6 Å². The maximum absolute atomic E-state index is 14.6. The number of hydrogen-bond acceptors (Lipinski definition) is 6. The van der Waals surface area contributed by atoms with E-state index in [0.717, 1.165) is 64.7 Å². The fraction of sp³-hybridized carbons (Fsp3) is 0.609. The Labute approximate surface area is 183 Å². The lowest BCUT2D eigenvalue weighted by Crippen LogP contribution is -2.24. The van der Waals surface area contributed by atoms with Crippen molar-refractivity contribution in [3.63, 3.8) is 0 Å². The Morgan fingerprint density at radius 2 is 1.94 bits per heavy atom. The Hall–Kier alpha value is -2.48. The van der Waals surface area contributed by atoms with Gasteiger partial charge in [-0.15, -0.1) is 5.10 Å². The summed E-state index contributed by atoms with van der Waals surface area (Å²) in [6.07, 6.45) is 7.21. The molecule has 1 aliphatic rings. The van der Waals surface area contributed by atoms with Gasteiger partial charge in [0, 0.05) is 18.2 Å². The van der Waals surface area contributed by atoms with Crippen LogP contribution in [0.4, 0.5) is 16.1 Å². The monoisotopic (exact) mass is 431 g/mol. The van der Waals surface area contributed by atoms with Crippen LogP contribution in [0.15, 0.2) is 22.6 Å². The SMILES string of the molecule is CCN(CC)CCCCNc1nnc(-c2ccc(NC(=O)C3CCCCC3)cc2F)o1. The molecule has 0 unspecified atom stereocenters. The summed E-state index contributed by atoms with van der Waals surface area (Å²) < 4.78 is 20.2. The zero-order chi connectivity index (χ0) is 22.1. The van der Waals surface area contributed by atoms with Crippen LogP contribution in [-0.2, 0) is 4.79 Å². The van der Waals surface area contributed by atoms with Crippen LogP contribution >= 0.6 is 0 Å². The second kappa shape index (κ2) is 11.8. The first-order valence-electron chi connectivity index (χ1n) is 11.5. The van der Waals surface area contributed by atoms with Crippen molar-refractivity contribution in [2.75, 3.05) is 36.8 Å². The first-order valence-corrected chi connectivity index (χ1v) is 11.5. The van der Waals surface area contributed by atoms with Crippen LogP contribution in [0.25, 0.3) is 11.5 Å². The Bertz CT molecular complexity index is 831. The molecule has 1 aromatic carbocycles. The summed E-state index contributed by atoms with van der Waals surface area (Å²) in [6, 6.07) is 4.82. The van der Waals surface area contributed by atoms with E-state index in [4.69, 9.17) is 4.42 Å². The number of nitrogens with zero attached hydrogens (tertiary/aromatic N) is 3. The lowest BCUT2D eigenvalue weighted by Gasteiger charge is -2.20. The van der Waals surface area contributed by atoms with E-state index in [1.54, 1.807) is 12.1 Å². The number of aromatic nitrogens is 2.